The molecule has 3 aromatic rings. The van der Waals surface area contributed by atoms with Gasteiger partial charge in [0.05, 0.1) is 22.8 Å². The van der Waals surface area contributed by atoms with E-state index in [0.717, 1.165) is 0 Å². The fourth-order valence-electron chi connectivity index (χ4n) is 4.34. The van der Waals surface area contributed by atoms with E-state index in [-0.39, 0.29) is 29.4 Å². The van der Waals surface area contributed by atoms with Crippen LogP contribution in [0.4, 0.5) is 30.7 Å². The highest BCUT2D eigenvalue weighted by Crippen LogP contribution is 2.51. The number of amides is 2. The van der Waals surface area contributed by atoms with Gasteiger partial charge < -0.3 is 15.5 Å². The van der Waals surface area contributed by atoms with Crippen LogP contribution in [-0.2, 0) is 21.4 Å². The second-order valence-corrected chi connectivity index (χ2v) is 9.20. The van der Waals surface area contributed by atoms with Crippen molar-refractivity contribution >= 4 is 39.9 Å². The summed E-state index contributed by atoms with van der Waals surface area (Å²) >= 11 is 5.56. The average Bonchev–Trinajstić information content (AvgIpc) is 3.34. The van der Waals surface area contributed by atoms with Gasteiger partial charge in [0.25, 0.3) is 11.5 Å². The summed E-state index contributed by atoms with van der Waals surface area (Å²) in [5.41, 5.74) is -6.51. The highest BCUT2D eigenvalue weighted by molar-refractivity contribution is 6.31. The maximum atomic E-state index is 14.4. The summed E-state index contributed by atoms with van der Waals surface area (Å²) in [5, 5.41) is 7.99. The average molecular weight is 590 g/mol. The quantitative estimate of drug-likeness (QED) is 0.341. The van der Waals surface area contributed by atoms with Crippen molar-refractivity contribution in [1.29, 1.82) is 0 Å². The molecule has 1 aliphatic rings. The molecule has 2 N–H and O–H groups in total. The Morgan fingerprint density at radius 3 is 2.33 bits per heavy atom. The largest absolute Gasteiger partial charge is 0.435 e. The predicted octanol–water partition coefficient (Wildman–Crippen LogP) is 6.10. The molecule has 0 radical (unpaired) electrons. The number of rotatable bonds is 6. The number of nitrogens with zero attached hydrogens (tertiary/aromatic N) is 1. The normalized spacial score (nSPS) is 17.4. The Bertz CT molecular complexity index is 1520. The molecule has 212 valence electrons. The van der Waals surface area contributed by atoms with Crippen molar-refractivity contribution in [3.63, 3.8) is 0 Å². The summed E-state index contributed by atoms with van der Waals surface area (Å²) < 4.78 is 97.5. The molecule has 1 unspecified atom stereocenters. The van der Waals surface area contributed by atoms with E-state index < -0.39 is 58.2 Å². The number of alkyl halides is 6. The third kappa shape index (κ3) is 5.29. The van der Waals surface area contributed by atoms with Crippen LogP contribution in [0.25, 0.3) is 10.8 Å². The van der Waals surface area contributed by atoms with Gasteiger partial charge >= 0.3 is 12.4 Å². The van der Waals surface area contributed by atoms with Gasteiger partial charge in [0, 0.05) is 29.7 Å². The van der Waals surface area contributed by atoms with Gasteiger partial charge in [-0.3, -0.25) is 9.59 Å². The van der Waals surface area contributed by atoms with Crippen molar-refractivity contribution in [2.45, 2.75) is 31.3 Å². The smallest absolute Gasteiger partial charge is 0.374 e. The van der Waals surface area contributed by atoms with E-state index >= 15 is 0 Å². The van der Waals surface area contributed by atoms with Crippen molar-refractivity contribution < 1.29 is 45.2 Å². The number of nitrogens with one attached hydrogen (secondary N) is 2. The number of benzene rings is 3. The van der Waals surface area contributed by atoms with Crippen LogP contribution >= 0.6 is 11.6 Å². The van der Waals surface area contributed by atoms with Crippen molar-refractivity contribution in [2.75, 3.05) is 13.1 Å². The van der Waals surface area contributed by atoms with E-state index in [1.807, 2.05) is 0 Å². The molecule has 40 heavy (non-hydrogen) atoms. The van der Waals surface area contributed by atoms with Crippen LogP contribution in [0, 0.1) is 5.82 Å². The lowest BCUT2D eigenvalue weighted by Gasteiger charge is -2.30. The second kappa shape index (κ2) is 10.6. The van der Waals surface area contributed by atoms with E-state index in [4.69, 9.17) is 16.4 Å². The maximum absolute atomic E-state index is 14.4. The van der Waals surface area contributed by atoms with Gasteiger partial charge in [0.2, 0.25) is 5.91 Å². The third-order valence-electron chi connectivity index (χ3n) is 6.25. The van der Waals surface area contributed by atoms with Crippen molar-refractivity contribution in [2.24, 2.45) is 5.16 Å². The number of hydrogen-bond donors (Lipinski definition) is 2. The Balaban J connectivity index is 1.75. The van der Waals surface area contributed by atoms with E-state index in [0.29, 0.717) is 23.4 Å². The topological polar surface area (TPSA) is 79.8 Å². The van der Waals surface area contributed by atoms with Gasteiger partial charge in [-0.05, 0) is 35.9 Å². The first-order valence-electron chi connectivity index (χ1n) is 11.6. The SMILES string of the molecule is CCNC(=O)CNC(=O)c1ccc(C2=NOC(c3cc(Cl)c(F)c(C(F)(F)F)c3)(C(F)(F)F)C2)c2ccccc12. The number of carbonyl (C=O) groups is 2. The monoisotopic (exact) mass is 589 g/mol. The molecule has 3 aromatic carbocycles. The summed E-state index contributed by atoms with van der Waals surface area (Å²) in [7, 11) is 0. The Kier molecular flexibility index (Phi) is 7.72. The summed E-state index contributed by atoms with van der Waals surface area (Å²) in [6.07, 6.45) is -11.7. The second-order valence-electron chi connectivity index (χ2n) is 8.79. The summed E-state index contributed by atoms with van der Waals surface area (Å²) in [6.45, 7) is 1.75. The van der Waals surface area contributed by atoms with Crippen LogP contribution in [0.1, 0.15) is 40.4 Å². The molecular weight excluding hydrogens is 571 g/mol. The predicted molar refractivity (Wildman–Crippen MR) is 131 cm³/mol. The van der Waals surface area contributed by atoms with E-state index in [1.54, 1.807) is 19.1 Å². The van der Waals surface area contributed by atoms with Gasteiger partial charge in [-0.2, -0.15) is 26.3 Å². The lowest BCUT2D eigenvalue weighted by Crippen LogP contribution is -2.43. The van der Waals surface area contributed by atoms with Crippen LogP contribution in [0.2, 0.25) is 5.02 Å². The van der Waals surface area contributed by atoms with Crippen LogP contribution in [0.5, 0.6) is 0 Å². The molecule has 0 saturated heterocycles. The molecule has 1 heterocycles. The molecule has 0 spiro atoms. The van der Waals surface area contributed by atoms with Crippen LogP contribution in [-0.4, -0.2) is 36.8 Å². The molecule has 0 fully saturated rings. The molecule has 4 rings (SSSR count). The number of fused-ring (bicyclic) bond motifs is 1. The maximum Gasteiger partial charge on any atom is 0.435 e. The lowest BCUT2D eigenvalue weighted by atomic mass is 9.84. The highest BCUT2D eigenvalue weighted by atomic mass is 35.5. The zero-order valence-corrected chi connectivity index (χ0v) is 21.2. The van der Waals surface area contributed by atoms with E-state index in [1.165, 1.54) is 24.3 Å². The standard InChI is InChI=1S/C26H19ClF7N3O3/c1-2-35-21(38)12-36-23(39)17-8-7-16(14-5-3-4-6-15(14)17)20-11-24(40-37-20,26(32,33)34)13-9-18(25(29,30)31)22(28)19(27)10-13/h3-10H,2,11-12H2,1H3,(H,35,38)(H,36,39). The van der Waals surface area contributed by atoms with Gasteiger partial charge in [-0.15, -0.1) is 0 Å². The number of carbonyl (C=O) groups excluding carboxylic acids is 2. The Morgan fingerprint density at radius 2 is 1.70 bits per heavy atom. The van der Waals surface area contributed by atoms with Gasteiger partial charge in [0.1, 0.15) is 0 Å². The molecule has 0 aliphatic carbocycles. The number of hydrogen-bond acceptors (Lipinski definition) is 4. The van der Waals surface area contributed by atoms with Crippen LogP contribution in [0.15, 0.2) is 53.7 Å². The minimum absolute atomic E-state index is 0.00734. The molecule has 1 atom stereocenters. The summed E-state index contributed by atoms with van der Waals surface area (Å²) in [6, 6.07) is 9.25. The molecule has 0 bridgehead atoms. The number of halogens is 8. The first-order valence-corrected chi connectivity index (χ1v) is 12.0. The van der Waals surface area contributed by atoms with Crippen molar-refractivity contribution in [3.8, 4) is 0 Å². The van der Waals surface area contributed by atoms with Gasteiger partial charge in [-0.25, -0.2) is 4.39 Å². The van der Waals surface area contributed by atoms with Crippen LogP contribution < -0.4 is 10.6 Å². The molecule has 0 aromatic heterocycles. The van der Waals surface area contributed by atoms with Crippen LogP contribution in [0.3, 0.4) is 0 Å². The number of oxime groups is 1. The third-order valence-corrected chi connectivity index (χ3v) is 6.52. The zero-order valence-electron chi connectivity index (χ0n) is 20.4. The first-order chi connectivity index (χ1) is 18.7. The number of likely N-dealkylation sites (N-methyl/N-ethyl adjacent to an activating group) is 1. The van der Waals surface area contributed by atoms with E-state index in [9.17, 15) is 40.3 Å². The molecule has 14 heteroatoms. The minimum Gasteiger partial charge on any atom is -0.374 e. The molecule has 2 amide bonds. The first kappa shape index (κ1) is 29.1. The van der Waals surface area contributed by atoms with Crippen molar-refractivity contribution in [3.05, 3.63) is 81.6 Å². The Labute approximate surface area is 227 Å². The summed E-state index contributed by atoms with van der Waals surface area (Å²) in [4.78, 5) is 29.3. The fraction of sp³-hybridized carbons (Fsp3) is 0.269. The fourth-order valence-corrected chi connectivity index (χ4v) is 4.56. The van der Waals surface area contributed by atoms with Crippen molar-refractivity contribution in [1.82, 2.24) is 10.6 Å². The Morgan fingerprint density at radius 1 is 1.02 bits per heavy atom. The molecule has 0 saturated carbocycles. The van der Waals surface area contributed by atoms with Gasteiger partial charge in [0.15, 0.2) is 5.82 Å². The van der Waals surface area contributed by atoms with E-state index in [2.05, 4.69) is 15.8 Å². The Hall–Kier alpha value is -3.87. The minimum atomic E-state index is -5.33. The molecular formula is C26H19ClF7N3O3. The molecule has 1 aliphatic heterocycles. The van der Waals surface area contributed by atoms with Gasteiger partial charge in [-0.1, -0.05) is 47.1 Å². The highest BCUT2D eigenvalue weighted by Gasteiger charge is 2.63. The summed E-state index contributed by atoms with van der Waals surface area (Å²) in [5.74, 6) is -2.96. The lowest BCUT2D eigenvalue weighted by molar-refractivity contribution is -0.276. The molecule has 6 nitrogen and oxygen atoms in total. The zero-order chi connectivity index (χ0) is 29.5.